The molecule has 1 aromatic rings. The van der Waals surface area contributed by atoms with Crippen molar-refractivity contribution in [3.63, 3.8) is 0 Å². The second-order valence-corrected chi connectivity index (χ2v) is 6.85. The SMILES string of the molecule is CN(Cc1ccc(C(=N)N)cc1F)CC1CC2CCC1C2. The Morgan fingerprint density at radius 1 is 1.38 bits per heavy atom. The molecule has 3 atom stereocenters. The molecule has 2 aliphatic carbocycles. The Morgan fingerprint density at radius 3 is 2.76 bits per heavy atom. The summed E-state index contributed by atoms with van der Waals surface area (Å²) in [6.45, 7) is 1.69. The summed E-state index contributed by atoms with van der Waals surface area (Å²) in [6, 6.07) is 4.85. The molecule has 3 unspecified atom stereocenters. The van der Waals surface area contributed by atoms with E-state index in [4.69, 9.17) is 11.1 Å². The Morgan fingerprint density at radius 2 is 2.19 bits per heavy atom. The largest absolute Gasteiger partial charge is 0.384 e. The number of rotatable bonds is 5. The molecule has 3 rings (SSSR count). The summed E-state index contributed by atoms with van der Waals surface area (Å²) in [5.41, 5.74) is 6.52. The summed E-state index contributed by atoms with van der Waals surface area (Å²) >= 11 is 0. The predicted molar refractivity (Wildman–Crippen MR) is 82.7 cm³/mol. The zero-order valence-electron chi connectivity index (χ0n) is 12.6. The lowest BCUT2D eigenvalue weighted by Gasteiger charge is -2.27. The molecule has 2 saturated carbocycles. The van der Waals surface area contributed by atoms with Crippen LogP contribution in [0.25, 0.3) is 0 Å². The second-order valence-electron chi connectivity index (χ2n) is 6.85. The Bertz CT molecular complexity index is 543. The number of hydrogen-bond donors (Lipinski definition) is 2. The number of fused-ring (bicyclic) bond motifs is 2. The molecule has 0 aromatic heterocycles. The van der Waals surface area contributed by atoms with E-state index in [9.17, 15) is 4.39 Å². The molecular formula is C17H24FN3. The Balaban J connectivity index is 1.59. The van der Waals surface area contributed by atoms with Gasteiger partial charge in [0, 0.05) is 24.2 Å². The summed E-state index contributed by atoms with van der Waals surface area (Å²) in [6.07, 6.45) is 5.60. The molecule has 2 fully saturated rings. The molecule has 0 radical (unpaired) electrons. The van der Waals surface area contributed by atoms with Crippen LogP contribution in [0.2, 0.25) is 0 Å². The maximum atomic E-state index is 14.1. The van der Waals surface area contributed by atoms with E-state index in [1.165, 1.54) is 31.7 Å². The quantitative estimate of drug-likeness (QED) is 0.647. The van der Waals surface area contributed by atoms with Crippen molar-refractivity contribution in [2.45, 2.75) is 32.2 Å². The smallest absolute Gasteiger partial charge is 0.128 e. The van der Waals surface area contributed by atoms with Gasteiger partial charge in [-0.25, -0.2) is 4.39 Å². The summed E-state index contributed by atoms with van der Waals surface area (Å²) in [5.74, 6) is 2.31. The van der Waals surface area contributed by atoms with E-state index in [1.807, 2.05) is 0 Å². The van der Waals surface area contributed by atoms with E-state index in [2.05, 4.69) is 11.9 Å². The third kappa shape index (κ3) is 3.10. The van der Waals surface area contributed by atoms with Crippen molar-refractivity contribution in [3.8, 4) is 0 Å². The minimum atomic E-state index is -0.262. The van der Waals surface area contributed by atoms with Crippen molar-refractivity contribution in [1.29, 1.82) is 5.41 Å². The molecule has 21 heavy (non-hydrogen) atoms. The molecule has 0 saturated heterocycles. The van der Waals surface area contributed by atoms with Crippen molar-refractivity contribution in [2.24, 2.45) is 23.5 Å². The molecular weight excluding hydrogens is 265 g/mol. The fraction of sp³-hybridized carbons (Fsp3) is 0.588. The molecule has 2 bridgehead atoms. The molecule has 3 N–H and O–H groups in total. The number of nitrogens with zero attached hydrogens (tertiary/aromatic N) is 1. The average Bonchev–Trinajstić information content (AvgIpc) is 3.03. The molecule has 0 heterocycles. The van der Waals surface area contributed by atoms with E-state index >= 15 is 0 Å². The highest BCUT2D eigenvalue weighted by molar-refractivity contribution is 5.94. The van der Waals surface area contributed by atoms with Crippen LogP contribution in [0.1, 0.15) is 36.8 Å². The Hall–Kier alpha value is -1.42. The van der Waals surface area contributed by atoms with Gasteiger partial charge in [0.05, 0.1) is 0 Å². The molecule has 3 nitrogen and oxygen atoms in total. The summed E-state index contributed by atoms with van der Waals surface area (Å²) in [7, 11) is 2.07. The van der Waals surface area contributed by atoms with Gasteiger partial charge in [-0.1, -0.05) is 18.6 Å². The van der Waals surface area contributed by atoms with Crippen LogP contribution in [0.4, 0.5) is 4.39 Å². The van der Waals surface area contributed by atoms with Crippen LogP contribution in [0, 0.1) is 29.0 Å². The normalized spacial score (nSPS) is 27.5. The molecule has 0 spiro atoms. The number of nitrogen functional groups attached to an aromatic ring is 1. The lowest BCUT2D eigenvalue weighted by atomic mass is 9.88. The van der Waals surface area contributed by atoms with Crippen molar-refractivity contribution in [2.75, 3.05) is 13.6 Å². The number of halogens is 1. The standard InChI is InChI=1S/C17H24FN3/c1-21(10-15-7-11-2-3-12(15)6-11)9-14-5-4-13(17(19)20)8-16(14)18/h4-5,8,11-12,15H,2-3,6-7,9-10H2,1H3,(H3,19,20). The first-order chi connectivity index (χ1) is 10.0. The van der Waals surface area contributed by atoms with Crippen LogP contribution in [-0.4, -0.2) is 24.3 Å². The monoisotopic (exact) mass is 289 g/mol. The number of hydrogen-bond acceptors (Lipinski definition) is 2. The Kier molecular flexibility index (Phi) is 3.98. The molecule has 114 valence electrons. The van der Waals surface area contributed by atoms with Gasteiger partial charge in [-0.15, -0.1) is 0 Å². The first-order valence-electron chi connectivity index (χ1n) is 7.84. The highest BCUT2D eigenvalue weighted by atomic mass is 19.1. The van der Waals surface area contributed by atoms with E-state index < -0.39 is 0 Å². The zero-order chi connectivity index (χ0) is 15.0. The third-order valence-electron chi connectivity index (χ3n) is 5.24. The van der Waals surface area contributed by atoms with Gasteiger partial charge in [0.15, 0.2) is 0 Å². The fourth-order valence-electron chi connectivity index (χ4n) is 4.20. The maximum absolute atomic E-state index is 14.1. The number of amidine groups is 1. The van der Waals surface area contributed by atoms with Crippen LogP contribution < -0.4 is 5.73 Å². The number of benzene rings is 1. The average molecular weight is 289 g/mol. The van der Waals surface area contributed by atoms with E-state index in [-0.39, 0.29) is 11.7 Å². The van der Waals surface area contributed by atoms with Gasteiger partial charge in [-0.05, 0) is 50.1 Å². The highest BCUT2D eigenvalue weighted by Crippen LogP contribution is 2.48. The van der Waals surface area contributed by atoms with E-state index in [0.717, 1.165) is 24.3 Å². The van der Waals surface area contributed by atoms with Gasteiger partial charge in [0.2, 0.25) is 0 Å². The molecule has 1 aromatic carbocycles. The van der Waals surface area contributed by atoms with Gasteiger partial charge in [-0.2, -0.15) is 0 Å². The first kappa shape index (κ1) is 14.5. The molecule has 0 amide bonds. The van der Waals surface area contributed by atoms with Crippen molar-refractivity contribution < 1.29 is 4.39 Å². The van der Waals surface area contributed by atoms with Gasteiger partial charge in [0.1, 0.15) is 11.7 Å². The summed E-state index contributed by atoms with van der Waals surface area (Å²) in [5, 5.41) is 7.34. The Labute approximate surface area is 125 Å². The predicted octanol–water partition coefficient (Wildman–Crippen LogP) is 2.98. The van der Waals surface area contributed by atoms with Crippen LogP contribution in [0.15, 0.2) is 18.2 Å². The van der Waals surface area contributed by atoms with Gasteiger partial charge in [-0.3, -0.25) is 5.41 Å². The molecule has 2 aliphatic rings. The lowest BCUT2D eigenvalue weighted by molar-refractivity contribution is 0.213. The van der Waals surface area contributed by atoms with Crippen LogP contribution in [0.3, 0.4) is 0 Å². The van der Waals surface area contributed by atoms with Crippen molar-refractivity contribution >= 4 is 5.84 Å². The van der Waals surface area contributed by atoms with Gasteiger partial charge in [0.25, 0.3) is 0 Å². The van der Waals surface area contributed by atoms with Crippen molar-refractivity contribution in [3.05, 3.63) is 35.1 Å². The van der Waals surface area contributed by atoms with Gasteiger partial charge < -0.3 is 10.6 Å². The summed E-state index contributed by atoms with van der Waals surface area (Å²) < 4.78 is 14.1. The molecule has 4 heteroatoms. The third-order valence-corrected chi connectivity index (χ3v) is 5.24. The molecule has 0 aliphatic heterocycles. The van der Waals surface area contributed by atoms with E-state index in [1.54, 1.807) is 12.1 Å². The fourth-order valence-corrected chi connectivity index (χ4v) is 4.20. The second kappa shape index (κ2) is 5.76. The lowest BCUT2D eigenvalue weighted by Crippen LogP contribution is -2.28. The van der Waals surface area contributed by atoms with Crippen molar-refractivity contribution in [1.82, 2.24) is 4.90 Å². The highest BCUT2D eigenvalue weighted by Gasteiger charge is 2.39. The number of nitrogens with one attached hydrogen (secondary N) is 1. The zero-order valence-corrected chi connectivity index (χ0v) is 12.6. The summed E-state index contributed by atoms with van der Waals surface area (Å²) in [4.78, 5) is 2.23. The maximum Gasteiger partial charge on any atom is 0.128 e. The van der Waals surface area contributed by atoms with Crippen LogP contribution in [0.5, 0.6) is 0 Å². The number of nitrogens with two attached hydrogens (primary N) is 1. The van der Waals surface area contributed by atoms with Crippen LogP contribution >= 0.6 is 0 Å². The first-order valence-corrected chi connectivity index (χ1v) is 7.84. The minimum absolute atomic E-state index is 0.0872. The topological polar surface area (TPSA) is 53.1 Å². The minimum Gasteiger partial charge on any atom is -0.384 e. The van der Waals surface area contributed by atoms with Crippen LogP contribution in [-0.2, 0) is 6.54 Å². The van der Waals surface area contributed by atoms with E-state index in [0.29, 0.717) is 17.7 Å². The van der Waals surface area contributed by atoms with Gasteiger partial charge >= 0.3 is 0 Å².